The van der Waals surface area contributed by atoms with Gasteiger partial charge < -0.3 is 5.11 Å². The lowest BCUT2D eigenvalue weighted by Crippen LogP contribution is -1.91. The number of carboxylic acid groups (broad SMARTS) is 1. The minimum atomic E-state index is -0.741. The second kappa shape index (κ2) is 19.0. The van der Waals surface area contributed by atoms with Gasteiger partial charge in [0, 0.05) is 6.42 Å². The first-order valence-electron chi connectivity index (χ1n) is 8.89. The SMILES string of the molecule is CC/C=C\C/C=C/C/C=C/C/C=C\C/C=C/C/C=C/CCC(=O)O. The third-order valence-electron chi connectivity index (χ3n) is 3.12. The van der Waals surface area contributed by atoms with E-state index in [1.165, 1.54) is 0 Å². The van der Waals surface area contributed by atoms with Gasteiger partial charge in [-0.15, -0.1) is 0 Å². The van der Waals surface area contributed by atoms with Gasteiger partial charge in [0.25, 0.3) is 0 Å². The molecule has 0 aliphatic rings. The maximum absolute atomic E-state index is 10.3. The molecule has 0 heterocycles. The Morgan fingerprint density at radius 1 is 0.625 bits per heavy atom. The number of allylic oxidation sites excluding steroid dienone is 12. The van der Waals surface area contributed by atoms with E-state index in [9.17, 15) is 4.79 Å². The quantitative estimate of drug-likeness (QED) is 0.367. The lowest BCUT2D eigenvalue weighted by molar-refractivity contribution is -0.136. The Morgan fingerprint density at radius 3 is 1.29 bits per heavy atom. The minimum Gasteiger partial charge on any atom is -0.481 e. The number of hydrogen-bond acceptors (Lipinski definition) is 1. The van der Waals surface area contributed by atoms with Crippen molar-refractivity contribution in [3.05, 3.63) is 72.9 Å². The highest BCUT2D eigenvalue weighted by Gasteiger charge is 1.90. The van der Waals surface area contributed by atoms with E-state index < -0.39 is 5.97 Å². The average Bonchev–Trinajstić information content (AvgIpc) is 2.56. The van der Waals surface area contributed by atoms with E-state index in [4.69, 9.17) is 5.11 Å². The largest absolute Gasteiger partial charge is 0.481 e. The van der Waals surface area contributed by atoms with Crippen LogP contribution in [0.1, 0.15) is 58.3 Å². The predicted octanol–water partition coefficient (Wildman–Crippen LogP) is 6.55. The minimum absolute atomic E-state index is 0.210. The van der Waals surface area contributed by atoms with Crippen LogP contribution in [0.5, 0.6) is 0 Å². The molecule has 0 radical (unpaired) electrons. The van der Waals surface area contributed by atoms with E-state index in [1.54, 1.807) is 0 Å². The van der Waals surface area contributed by atoms with Crippen LogP contribution < -0.4 is 0 Å². The predicted molar refractivity (Wildman–Crippen MR) is 105 cm³/mol. The molecule has 2 nitrogen and oxygen atoms in total. The fourth-order valence-corrected chi connectivity index (χ4v) is 1.85. The van der Waals surface area contributed by atoms with Gasteiger partial charge in [-0.1, -0.05) is 79.8 Å². The van der Waals surface area contributed by atoms with Crippen LogP contribution in [0, 0.1) is 0 Å². The first kappa shape index (κ1) is 21.9. The summed E-state index contributed by atoms with van der Waals surface area (Å²) < 4.78 is 0. The molecule has 0 unspecified atom stereocenters. The Kier molecular flexibility index (Phi) is 17.3. The molecule has 0 saturated carbocycles. The average molecular weight is 328 g/mol. The first-order valence-corrected chi connectivity index (χ1v) is 8.89. The van der Waals surface area contributed by atoms with E-state index in [0.717, 1.165) is 38.5 Å². The summed E-state index contributed by atoms with van der Waals surface area (Å²) in [6.45, 7) is 2.15. The van der Waals surface area contributed by atoms with Crippen molar-refractivity contribution in [1.29, 1.82) is 0 Å². The van der Waals surface area contributed by atoms with Crippen molar-refractivity contribution in [2.75, 3.05) is 0 Å². The van der Waals surface area contributed by atoms with Crippen LogP contribution in [-0.4, -0.2) is 11.1 Å². The summed E-state index contributed by atoms with van der Waals surface area (Å²) in [6.07, 6.45) is 32.5. The van der Waals surface area contributed by atoms with Crippen molar-refractivity contribution in [3.63, 3.8) is 0 Å². The summed E-state index contributed by atoms with van der Waals surface area (Å²) in [5.74, 6) is -0.741. The molecule has 0 atom stereocenters. The second-order valence-electron chi connectivity index (χ2n) is 5.35. The number of hydrogen-bond donors (Lipinski definition) is 1. The smallest absolute Gasteiger partial charge is 0.303 e. The van der Waals surface area contributed by atoms with Crippen LogP contribution in [-0.2, 0) is 4.79 Å². The van der Waals surface area contributed by atoms with Crippen molar-refractivity contribution in [1.82, 2.24) is 0 Å². The molecule has 0 aromatic heterocycles. The lowest BCUT2D eigenvalue weighted by atomic mass is 10.2. The molecule has 0 spiro atoms. The summed E-state index contributed by atoms with van der Waals surface area (Å²) in [7, 11) is 0. The maximum Gasteiger partial charge on any atom is 0.303 e. The van der Waals surface area contributed by atoms with Crippen molar-refractivity contribution in [2.45, 2.75) is 58.3 Å². The highest BCUT2D eigenvalue weighted by Crippen LogP contribution is 1.97. The zero-order chi connectivity index (χ0) is 17.7. The molecule has 2 heteroatoms. The molecular formula is C22H32O2. The molecule has 1 N–H and O–H groups in total. The normalized spacial score (nSPS) is 13.0. The highest BCUT2D eigenvalue weighted by molar-refractivity contribution is 5.66. The van der Waals surface area contributed by atoms with E-state index in [2.05, 4.69) is 67.7 Å². The molecule has 132 valence electrons. The molecule has 24 heavy (non-hydrogen) atoms. The molecule has 0 aromatic rings. The zero-order valence-corrected chi connectivity index (χ0v) is 14.9. The highest BCUT2D eigenvalue weighted by atomic mass is 16.4. The molecule has 0 saturated heterocycles. The Morgan fingerprint density at radius 2 is 0.958 bits per heavy atom. The number of rotatable bonds is 14. The third kappa shape index (κ3) is 19.9. The number of aliphatic carboxylic acids is 1. The van der Waals surface area contributed by atoms with Crippen LogP contribution in [0.2, 0.25) is 0 Å². The molecule has 0 aliphatic carbocycles. The van der Waals surface area contributed by atoms with E-state index in [-0.39, 0.29) is 6.42 Å². The van der Waals surface area contributed by atoms with Gasteiger partial charge in [-0.25, -0.2) is 0 Å². The fraction of sp³-hybridized carbons (Fsp3) is 0.409. The summed E-state index contributed by atoms with van der Waals surface area (Å²) in [5.41, 5.74) is 0. The first-order chi connectivity index (χ1) is 11.8. The van der Waals surface area contributed by atoms with Gasteiger partial charge >= 0.3 is 5.97 Å². The molecule has 0 bridgehead atoms. The van der Waals surface area contributed by atoms with Crippen LogP contribution in [0.4, 0.5) is 0 Å². The van der Waals surface area contributed by atoms with Crippen molar-refractivity contribution < 1.29 is 9.90 Å². The Balaban J connectivity index is 3.51. The summed E-state index contributed by atoms with van der Waals surface area (Å²) >= 11 is 0. The third-order valence-corrected chi connectivity index (χ3v) is 3.12. The van der Waals surface area contributed by atoms with Gasteiger partial charge in [-0.3, -0.25) is 4.79 Å². The van der Waals surface area contributed by atoms with Crippen molar-refractivity contribution in [2.24, 2.45) is 0 Å². The monoisotopic (exact) mass is 328 g/mol. The van der Waals surface area contributed by atoms with Gasteiger partial charge in [0.1, 0.15) is 0 Å². The molecule has 0 fully saturated rings. The van der Waals surface area contributed by atoms with Crippen LogP contribution >= 0.6 is 0 Å². The Labute approximate surface area is 147 Å². The summed E-state index contributed by atoms with van der Waals surface area (Å²) in [4.78, 5) is 10.3. The van der Waals surface area contributed by atoms with Gasteiger partial charge in [0.05, 0.1) is 0 Å². The van der Waals surface area contributed by atoms with Crippen LogP contribution in [0.3, 0.4) is 0 Å². The van der Waals surface area contributed by atoms with E-state index in [0.29, 0.717) is 6.42 Å². The summed E-state index contributed by atoms with van der Waals surface area (Å²) in [6, 6.07) is 0. The molecule has 0 rings (SSSR count). The van der Waals surface area contributed by atoms with Gasteiger partial charge in [0.15, 0.2) is 0 Å². The molecule has 0 aromatic carbocycles. The topological polar surface area (TPSA) is 37.3 Å². The number of carboxylic acids is 1. The zero-order valence-electron chi connectivity index (χ0n) is 14.9. The number of carbonyl (C=O) groups is 1. The van der Waals surface area contributed by atoms with Gasteiger partial charge in [-0.2, -0.15) is 0 Å². The summed E-state index contributed by atoms with van der Waals surface area (Å²) in [5, 5.41) is 8.49. The second-order valence-corrected chi connectivity index (χ2v) is 5.35. The van der Waals surface area contributed by atoms with E-state index >= 15 is 0 Å². The van der Waals surface area contributed by atoms with Crippen molar-refractivity contribution in [3.8, 4) is 0 Å². The van der Waals surface area contributed by atoms with Gasteiger partial charge in [-0.05, 0) is 44.9 Å². The van der Waals surface area contributed by atoms with Crippen LogP contribution in [0.25, 0.3) is 0 Å². The fourth-order valence-electron chi connectivity index (χ4n) is 1.85. The van der Waals surface area contributed by atoms with Crippen molar-refractivity contribution >= 4 is 5.97 Å². The van der Waals surface area contributed by atoms with Gasteiger partial charge in [0.2, 0.25) is 0 Å². The van der Waals surface area contributed by atoms with Crippen LogP contribution in [0.15, 0.2) is 72.9 Å². The maximum atomic E-state index is 10.3. The van der Waals surface area contributed by atoms with E-state index in [1.807, 2.05) is 12.2 Å². The lowest BCUT2D eigenvalue weighted by Gasteiger charge is -1.87. The molecule has 0 aliphatic heterocycles. The molecular weight excluding hydrogens is 296 g/mol. The molecule has 0 amide bonds. The Hall–Kier alpha value is -2.09. The standard InChI is InChI=1S/C22H32O2/c1-2-3-4-5-6-7-8-9-10-11-12-13-14-15-16-17-18-19-20-21-22(23)24/h3-4,6-7,9-10,12-13,15-16,18-19H,2,5,8,11,14,17,20-21H2,1H3,(H,23,24)/b4-3-,7-6+,10-9+,13-12-,16-15+,19-18+. The Bertz CT molecular complexity index is 462.